The standard InChI is InChI=1S/C19H31N3O2/c1-7-19(5,6)16-9-8-15(14-20-16)21-10-12-22(13-11-21)17(23)24-18(2,3)4/h8-9,14H,7,10-13H2,1-6H3. The number of aromatic nitrogens is 1. The van der Waals surface area contributed by atoms with Gasteiger partial charge in [0.1, 0.15) is 5.60 Å². The molecule has 1 aliphatic heterocycles. The molecule has 0 unspecified atom stereocenters. The van der Waals surface area contributed by atoms with Gasteiger partial charge in [-0.15, -0.1) is 0 Å². The Hall–Kier alpha value is -1.78. The van der Waals surface area contributed by atoms with Crippen LogP contribution >= 0.6 is 0 Å². The smallest absolute Gasteiger partial charge is 0.410 e. The molecule has 0 aliphatic carbocycles. The third kappa shape index (κ3) is 4.62. The summed E-state index contributed by atoms with van der Waals surface area (Å²) in [4.78, 5) is 20.8. The van der Waals surface area contributed by atoms with Crippen molar-refractivity contribution in [3.05, 3.63) is 24.0 Å². The number of piperazine rings is 1. The number of nitrogens with zero attached hydrogens (tertiary/aromatic N) is 3. The second-order valence-electron chi connectivity index (χ2n) is 8.09. The van der Waals surface area contributed by atoms with Crippen molar-refractivity contribution >= 4 is 11.8 Å². The number of carbonyl (C=O) groups is 1. The molecule has 0 bridgehead atoms. The number of carbonyl (C=O) groups excluding carboxylic acids is 1. The zero-order chi connectivity index (χ0) is 18.0. The molecule has 1 aromatic rings. The first kappa shape index (κ1) is 18.6. The zero-order valence-corrected chi connectivity index (χ0v) is 15.9. The van der Waals surface area contributed by atoms with Crippen LogP contribution in [0.3, 0.4) is 0 Å². The lowest BCUT2D eigenvalue weighted by atomic mass is 9.86. The minimum Gasteiger partial charge on any atom is -0.444 e. The first-order valence-electron chi connectivity index (χ1n) is 8.82. The maximum Gasteiger partial charge on any atom is 0.410 e. The summed E-state index contributed by atoms with van der Waals surface area (Å²) >= 11 is 0. The van der Waals surface area contributed by atoms with Crippen LogP contribution in [0.15, 0.2) is 18.3 Å². The Bertz CT molecular complexity index is 553. The molecule has 134 valence electrons. The van der Waals surface area contributed by atoms with Crippen molar-refractivity contribution in [3.8, 4) is 0 Å². The van der Waals surface area contributed by atoms with Crippen LogP contribution < -0.4 is 4.90 Å². The maximum absolute atomic E-state index is 12.1. The van der Waals surface area contributed by atoms with Gasteiger partial charge in [-0.1, -0.05) is 20.8 Å². The monoisotopic (exact) mass is 333 g/mol. The van der Waals surface area contributed by atoms with Gasteiger partial charge in [0.2, 0.25) is 0 Å². The van der Waals surface area contributed by atoms with Gasteiger partial charge in [0.05, 0.1) is 11.9 Å². The van der Waals surface area contributed by atoms with Crippen LogP contribution in [0.1, 0.15) is 53.7 Å². The fourth-order valence-corrected chi connectivity index (χ4v) is 2.63. The molecule has 1 saturated heterocycles. The number of anilines is 1. The Kier molecular flexibility index (Phi) is 5.41. The van der Waals surface area contributed by atoms with E-state index >= 15 is 0 Å². The van der Waals surface area contributed by atoms with E-state index in [2.05, 4.69) is 42.8 Å². The number of amides is 1. The minimum absolute atomic E-state index is 0.105. The van der Waals surface area contributed by atoms with E-state index < -0.39 is 5.60 Å². The van der Waals surface area contributed by atoms with E-state index in [1.54, 1.807) is 4.90 Å². The molecular formula is C19H31N3O2. The van der Waals surface area contributed by atoms with Crippen LogP contribution in [0.5, 0.6) is 0 Å². The lowest BCUT2D eigenvalue weighted by molar-refractivity contribution is 0.0240. The summed E-state index contributed by atoms with van der Waals surface area (Å²) in [5, 5.41) is 0. The molecule has 2 rings (SSSR count). The zero-order valence-electron chi connectivity index (χ0n) is 15.9. The van der Waals surface area contributed by atoms with E-state index in [1.807, 2.05) is 27.0 Å². The van der Waals surface area contributed by atoms with E-state index in [1.165, 1.54) is 0 Å². The van der Waals surface area contributed by atoms with E-state index in [0.29, 0.717) is 13.1 Å². The van der Waals surface area contributed by atoms with E-state index in [9.17, 15) is 4.79 Å². The summed E-state index contributed by atoms with van der Waals surface area (Å²) in [7, 11) is 0. The van der Waals surface area contributed by atoms with E-state index in [0.717, 1.165) is 30.9 Å². The molecule has 5 nitrogen and oxygen atoms in total. The highest BCUT2D eigenvalue weighted by Gasteiger charge is 2.26. The molecule has 0 N–H and O–H groups in total. The molecule has 5 heteroatoms. The van der Waals surface area contributed by atoms with Crippen LogP contribution in [0.2, 0.25) is 0 Å². The summed E-state index contributed by atoms with van der Waals surface area (Å²) in [5.74, 6) is 0. The van der Waals surface area contributed by atoms with Crippen molar-refractivity contribution < 1.29 is 9.53 Å². The highest BCUT2D eigenvalue weighted by molar-refractivity contribution is 5.68. The molecule has 1 fully saturated rings. The molecular weight excluding hydrogens is 302 g/mol. The van der Waals surface area contributed by atoms with Gasteiger partial charge in [-0.25, -0.2) is 4.79 Å². The van der Waals surface area contributed by atoms with Crippen molar-refractivity contribution in [2.45, 2.75) is 59.0 Å². The highest BCUT2D eigenvalue weighted by atomic mass is 16.6. The lowest BCUT2D eigenvalue weighted by Gasteiger charge is -2.36. The van der Waals surface area contributed by atoms with Gasteiger partial charge in [-0.3, -0.25) is 4.98 Å². The molecule has 24 heavy (non-hydrogen) atoms. The van der Waals surface area contributed by atoms with Crippen molar-refractivity contribution in [2.24, 2.45) is 0 Å². The minimum atomic E-state index is -0.444. The number of hydrogen-bond acceptors (Lipinski definition) is 4. The van der Waals surface area contributed by atoms with Crippen molar-refractivity contribution in [1.82, 2.24) is 9.88 Å². The lowest BCUT2D eigenvalue weighted by Crippen LogP contribution is -2.50. The predicted molar refractivity (Wildman–Crippen MR) is 97.6 cm³/mol. The van der Waals surface area contributed by atoms with Crippen LogP contribution in [0.25, 0.3) is 0 Å². The summed E-state index contributed by atoms with van der Waals surface area (Å²) in [5.41, 5.74) is 1.91. The van der Waals surface area contributed by atoms with Crippen LogP contribution in [-0.4, -0.2) is 47.8 Å². The Morgan fingerprint density at radius 3 is 2.21 bits per heavy atom. The average molecular weight is 333 g/mol. The summed E-state index contributed by atoms with van der Waals surface area (Å²) in [6, 6.07) is 4.27. The Morgan fingerprint density at radius 2 is 1.75 bits per heavy atom. The Balaban J connectivity index is 1.94. The maximum atomic E-state index is 12.1. The molecule has 1 amide bonds. The molecule has 0 aromatic carbocycles. The van der Waals surface area contributed by atoms with Gasteiger partial charge in [-0.05, 0) is 39.3 Å². The van der Waals surface area contributed by atoms with Gasteiger partial charge in [0, 0.05) is 37.3 Å². The summed E-state index contributed by atoms with van der Waals surface area (Å²) in [6.45, 7) is 15.3. The number of rotatable bonds is 3. The van der Waals surface area contributed by atoms with Crippen molar-refractivity contribution in [1.29, 1.82) is 0 Å². The predicted octanol–water partition coefficient (Wildman–Crippen LogP) is 3.83. The van der Waals surface area contributed by atoms with Gasteiger partial charge in [0.25, 0.3) is 0 Å². The molecule has 0 atom stereocenters. The van der Waals surface area contributed by atoms with Gasteiger partial charge in [0.15, 0.2) is 0 Å². The van der Waals surface area contributed by atoms with Gasteiger partial charge < -0.3 is 14.5 Å². The number of hydrogen-bond donors (Lipinski definition) is 0. The Morgan fingerprint density at radius 1 is 1.12 bits per heavy atom. The second kappa shape index (κ2) is 6.99. The third-order valence-electron chi connectivity index (χ3n) is 4.62. The average Bonchev–Trinajstić information content (AvgIpc) is 2.53. The molecule has 0 radical (unpaired) electrons. The van der Waals surface area contributed by atoms with Gasteiger partial charge in [-0.2, -0.15) is 0 Å². The summed E-state index contributed by atoms with van der Waals surface area (Å²) in [6.07, 6.45) is 2.80. The second-order valence-corrected chi connectivity index (χ2v) is 8.09. The quantitative estimate of drug-likeness (QED) is 0.843. The van der Waals surface area contributed by atoms with Crippen LogP contribution in [-0.2, 0) is 10.2 Å². The molecule has 1 aliphatic rings. The highest BCUT2D eigenvalue weighted by Crippen LogP contribution is 2.26. The van der Waals surface area contributed by atoms with Gasteiger partial charge >= 0.3 is 6.09 Å². The largest absolute Gasteiger partial charge is 0.444 e. The fourth-order valence-electron chi connectivity index (χ4n) is 2.63. The molecule has 0 saturated carbocycles. The number of pyridine rings is 1. The first-order valence-corrected chi connectivity index (χ1v) is 8.82. The molecule has 0 spiro atoms. The Labute approximate surface area is 146 Å². The summed E-state index contributed by atoms with van der Waals surface area (Å²) < 4.78 is 5.44. The normalized spacial score (nSPS) is 16.2. The van der Waals surface area contributed by atoms with Crippen LogP contribution in [0, 0.1) is 0 Å². The molecule has 2 heterocycles. The van der Waals surface area contributed by atoms with Crippen molar-refractivity contribution in [2.75, 3.05) is 31.1 Å². The van der Waals surface area contributed by atoms with E-state index in [-0.39, 0.29) is 11.5 Å². The molecule has 1 aromatic heterocycles. The topological polar surface area (TPSA) is 45.7 Å². The SMILES string of the molecule is CCC(C)(C)c1ccc(N2CCN(C(=O)OC(C)(C)C)CC2)cn1. The first-order chi connectivity index (χ1) is 11.1. The van der Waals surface area contributed by atoms with Crippen LogP contribution in [0.4, 0.5) is 10.5 Å². The van der Waals surface area contributed by atoms with E-state index in [4.69, 9.17) is 4.74 Å². The van der Waals surface area contributed by atoms with Crippen molar-refractivity contribution in [3.63, 3.8) is 0 Å². The fraction of sp³-hybridized carbons (Fsp3) is 0.684. The number of ether oxygens (including phenoxy) is 1. The third-order valence-corrected chi connectivity index (χ3v) is 4.62.